The molecular weight excluding hydrogens is 180 g/mol. The highest BCUT2D eigenvalue weighted by Gasteiger charge is 2.30. The Morgan fingerprint density at radius 2 is 2.14 bits per heavy atom. The summed E-state index contributed by atoms with van der Waals surface area (Å²) in [5, 5.41) is 12.2. The first-order chi connectivity index (χ1) is 6.52. The molecule has 1 amide bonds. The molecule has 4 N–H and O–H groups in total. The molecule has 4 heteroatoms. The van der Waals surface area contributed by atoms with Crippen molar-refractivity contribution in [3.63, 3.8) is 0 Å². The monoisotopic (exact) mass is 200 g/mol. The van der Waals surface area contributed by atoms with Crippen molar-refractivity contribution in [2.75, 3.05) is 6.54 Å². The molecule has 0 radical (unpaired) electrons. The number of hydrogen-bond acceptors (Lipinski definition) is 3. The van der Waals surface area contributed by atoms with Crippen LogP contribution in [-0.4, -0.2) is 29.7 Å². The average Bonchev–Trinajstić information content (AvgIpc) is 2.95. The first-order valence-corrected chi connectivity index (χ1v) is 5.23. The van der Waals surface area contributed by atoms with Gasteiger partial charge in [-0.25, -0.2) is 0 Å². The molecule has 14 heavy (non-hydrogen) atoms. The molecule has 0 saturated heterocycles. The van der Waals surface area contributed by atoms with E-state index in [0.717, 1.165) is 12.8 Å². The van der Waals surface area contributed by atoms with Crippen LogP contribution in [0.1, 0.15) is 26.7 Å². The number of rotatable bonds is 5. The molecule has 82 valence electrons. The van der Waals surface area contributed by atoms with Gasteiger partial charge in [0.05, 0.1) is 12.1 Å². The molecule has 0 aromatic carbocycles. The molecule has 4 nitrogen and oxygen atoms in total. The summed E-state index contributed by atoms with van der Waals surface area (Å²) < 4.78 is 0. The molecule has 1 aliphatic carbocycles. The molecule has 1 aliphatic rings. The standard InChI is InChI=1S/C10H20N2O2/c1-6(2)9(11)10(14)12-5-8(13)7-3-4-7/h6-9,13H,3-5,11H2,1-2H3,(H,12,14). The van der Waals surface area contributed by atoms with Gasteiger partial charge in [0.25, 0.3) is 0 Å². The number of aliphatic hydroxyl groups is 1. The van der Waals surface area contributed by atoms with Crippen molar-refractivity contribution in [3.05, 3.63) is 0 Å². The largest absolute Gasteiger partial charge is 0.391 e. The summed E-state index contributed by atoms with van der Waals surface area (Å²) in [6.45, 7) is 4.15. The van der Waals surface area contributed by atoms with Crippen LogP contribution < -0.4 is 11.1 Å². The molecular formula is C10H20N2O2. The minimum Gasteiger partial charge on any atom is -0.391 e. The minimum absolute atomic E-state index is 0.132. The summed E-state index contributed by atoms with van der Waals surface area (Å²) in [6, 6.07) is -0.471. The molecule has 0 aliphatic heterocycles. The number of carbonyl (C=O) groups is 1. The van der Waals surface area contributed by atoms with Gasteiger partial charge in [-0.2, -0.15) is 0 Å². The fourth-order valence-electron chi connectivity index (χ4n) is 1.27. The summed E-state index contributed by atoms with van der Waals surface area (Å²) in [7, 11) is 0. The maximum atomic E-state index is 11.4. The molecule has 0 heterocycles. The molecule has 2 unspecified atom stereocenters. The van der Waals surface area contributed by atoms with Crippen molar-refractivity contribution >= 4 is 5.91 Å². The van der Waals surface area contributed by atoms with Crippen molar-refractivity contribution in [3.8, 4) is 0 Å². The fraction of sp³-hybridized carbons (Fsp3) is 0.900. The van der Waals surface area contributed by atoms with Crippen LogP contribution in [0.2, 0.25) is 0 Å². The lowest BCUT2D eigenvalue weighted by Crippen LogP contribution is -2.46. The van der Waals surface area contributed by atoms with E-state index in [1.165, 1.54) is 0 Å². The second-order valence-electron chi connectivity index (χ2n) is 4.42. The Morgan fingerprint density at radius 3 is 2.57 bits per heavy atom. The number of amides is 1. The normalized spacial score (nSPS) is 20.6. The number of nitrogens with one attached hydrogen (secondary N) is 1. The topological polar surface area (TPSA) is 75.4 Å². The van der Waals surface area contributed by atoms with Gasteiger partial charge in [-0.15, -0.1) is 0 Å². The predicted molar refractivity (Wildman–Crippen MR) is 54.6 cm³/mol. The SMILES string of the molecule is CC(C)C(N)C(=O)NCC(O)C1CC1. The molecule has 0 aromatic heterocycles. The molecule has 2 atom stereocenters. The minimum atomic E-state index is -0.471. The lowest BCUT2D eigenvalue weighted by atomic mass is 10.0. The van der Waals surface area contributed by atoms with Crippen molar-refractivity contribution in [1.29, 1.82) is 0 Å². The molecule has 0 spiro atoms. The van der Waals surface area contributed by atoms with Crippen molar-refractivity contribution in [2.24, 2.45) is 17.6 Å². The first kappa shape index (κ1) is 11.5. The maximum Gasteiger partial charge on any atom is 0.237 e. The lowest BCUT2D eigenvalue weighted by molar-refractivity contribution is -0.123. The maximum absolute atomic E-state index is 11.4. The predicted octanol–water partition coefficient (Wildman–Crippen LogP) is -0.143. The molecule has 1 rings (SSSR count). The Kier molecular flexibility index (Phi) is 3.89. The van der Waals surface area contributed by atoms with Gasteiger partial charge in [-0.1, -0.05) is 13.8 Å². The zero-order chi connectivity index (χ0) is 10.7. The van der Waals surface area contributed by atoms with Crippen molar-refractivity contribution in [2.45, 2.75) is 38.8 Å². The third kappa shape index (κ3) is 3.27. The third-order valence-electron chi connectivity index (χ3n) is 2.67. The highest BCUT2D eigenvalue weighted by Crippen LogP contribution is 2.32. The van der Waals surface area contributed by atoms with E-state index in [9.17, 15) is 9.90 Å². The second kappa shape index (κ2) is 4.75. The van der Waals surface area contributed by atoms with Gasteiger partial charge < -0.3 is 16.2 Å². The first-order valence-electron chi connectivity index (χ1n) is 5.23. The van der Waals surface area contributed by atoms with E-state index in [-0.39, 0.29) is 11.8 Å². The molecule has 1 fully saturated rings. The van der Waals surface area contributed by atoms with Crippen molar-refractivity contribution < 1.29 is 9.90 Å². The van der Waals surface area contributed by atoms with E-state index >= 15 is 0 Å². The van der Waals surface area contributed by atoms with Gasteiger partial charge in [0.1, 0.15) is 0 Å². The van der Waals surface area contributed by atoms with Gasteiger partial charge in [0, 0.05) is 6.54 Å². The summed E-state index contributed by atoms with van der Waals surface area (Å²) in [5.41, 5.74) is 5.64. The van der Waals surface area contributed by atoms with Gasteiger partial charge in [0.15, 0.2) is 0 Å². The van der Waals surface area contributed by atoms with Gasteiger partial charge in [-0.05, 0) is 24.7 Å². The Labute approximate surface area is 84.9 Å². The number of hydrogen-bond donors (Lipinski definition) is 3. The highest BCUT2D eigenvalue weighted by atomic mass is 16.3. The van der Waals surface area contributed by atoms with Crippen LogP contribution in [0.4, 0.5) is 0 Å². The van der Waals surface area contributed by atoms with Gasteiger partial charge in [0.2, 0.25) is 5.91 Å². The summed E-state index contributed by atoms with van der Waals surface area (Å²) in [6.07, 6.45) is 1.76. The Morgan fingerprint density at radius 1 is 1.57 bits per heavy atom. The van der Waals surface area contributed by atoms with Crippen LogP contribution in [0.25, 0.3) is 0 Å². The number of aliphatic hydroxyl groups excluding tert-OH is 1. The Hall–Kier alpha value is -0.610. The van der Waals surface area contributed by atoms with Crippen LogP contribution in [0, 0.1) is 11.8 Å². The fourth-order valence-corrected chi connectivity index (χ4v) is 1.27. The summed E-state index contributed by atoms with van der Waals surface area (Å²) >= 11 is 0. The number of nitrogens with two attached hydrogens (primary N) is 1. The van der Waals surface area contributed by atoms with Crippen molar-refractivity contribution in [1.82, 2.24) is 5.32 Å². The van der Waals surface area contributed by atoms with Gasteiger partial charge >= 0.3 is 0 Å². The summed E-state index contributed by atoms with van der Waals surface area (Å²) in [5.74, 6) is 0.360. The smallest absolute Gasteiger partial charge is 0.237 e. The van der Waals surface area contributed by atoms with E-state index in [1.54, 1.807) is 0 Å². The molecule has 0 bridgehead atoms. The van der Waals surface area contributed by atoms with E-state index in [4.69, 9.17) is 5.73 Å². The second-order valence-corrected chi connectivity index (χ2v) is 4.42. The Bertz CT molecular complexity index is 202. The molecule has 0 aromatic rings. The van der Waals surface area contributed by atoms with E-state index in [2.05, 4.69) is 5.32 Å². The average molecular weight is 200 g/mol. The zero-order valence-corrected chi connectivity index (χ0v) is 8.86. The lowest BCUT2D eigenvalue weighted by Gasteiger charge is -2.17. The van der Waals surface area contributed by atoms with Crippen LogP contribution in [-0.2, 0) is 4.79 Å². The summed E-state index contributed by atoms with van der Waals surface area (Å²) in [4.78, 5) is 11.4. The number of carbonyl (C=O) groups excluding carboxylic acids is 1. The quantitative estimate of drug-likeness (QED) is 0.578. The Balaban J connectivity index is 2.19. The van der Waals surface area contributed by atoms with Crippen LogP contribution in [0.3, 0.4) is 0 Å². The van der Waals surface area contributed by atoms with Gasteiger partial charge in [-0.3, -0.25) is 4.79 Å². The molecule has 1 saturated carbocycles. The third-order valence-corrected chi connectivity index (χ3v) is 2.67. The van der Waals surface area contributed by atoms with Crippen LogP contribution in [0.15, 0.2) is 0 Å². The van der Waals surface area contributed by atoms with E-state index in [0.29, 0.717) is 12.5 Å². The van der Waals surface area contributed by atoms with E-state index < -0.39 is 12.1 Å². The zero-order valence-electron chi connectivity index (χ0n) is 8.86. The highest BCUT2D eigenvalue weighted by molar-refractivity contribution is 5.81. The van der Waals surface area contributed by atoms with Crippen LogP contribution >= 0.6 is 0 Å². The van der Waals surface area contributed by atoms with E-state index in [1.807, 2.05) is 13.8 Å². The van der Waals surface area contributed by atoms with Crippen LogP contribution in [0.5, 0.6) is 0 Å².